The average molecular weight is 447 g/mol. The number of hydrogen-bond acceptors (Lipinski definition) is 6. The number of benzene rings is 1. The molecule has 0 fully saturated rings. The van der Waals surface area contributed by atoms with Crippen LogP contribution in [0.2, 0.25) is 0 Å². The monoisotopic (exact) mass is 446 g/mol. The molecule has 0 saturated heterocycles. The molecule has 3 N–H and O–H groups in total. The number of carbonyl (C=O) groups excluding carboxylic acids is 3. The largest absolute Gasteiger partial charge is 0.508 e. The van der Waals surface area contributed by atoms with Crippen LogP contribution in [-0.2, 0) is 14.3 Å². The molecule has 1 aromatic carbocycles. The molecule has 3 amide bonds. The highest BCUT2D eigenvalue weighted by Gasteiger charge is 2.34. The normalized spacial score (nSPS) is 12.8. The van der Waals surface area contributed by atoms with Crippen LogP contribution in [-0.4, -0.2) is 52.6 Å². The number of phenolic OH excluding ortho intramolecular Hbond substituents is 1. The second kappa shape index (κ2) is 11.9. The molecule has 9 nitrogen and oxygen atoms in total. The van der Waals surface area contributed by atoms with Crippen LogP contribution in [0.3, 0.4) is 0 Å². The Hall–Kier alpha value is -3.28. The number of ether oxygens (including phenoxy) is 1. The highest BCUT2D eigenvalue weighted by atomic mass is 16.6. The molecule has 0 aromatic heterocycles. The smallest absolute Gasteiger partial charge is 0.408 e. The van der Waals surface area contributed by atoms with Gasteiger partial charge in [-0.1, -0.05) is 19.4 Å². The molecular weight excluding hydrogens is 412 g/mol. The van der Waals surface area contributed by atoms with Crippen molar-refractivity contribution in [3.05, 3.63) is 29.3 Å². The summed E-state index contributed by atoms with van der Waals surface area (Å²) in [6.07, 6.45) is 0.858. The number of aromatic hydroxyl groups is 1. The van der Waals surface area contributed by atoms with Gasteiger partial charge in [0.1, 0.15) is 30.0 Å². The minimum atomic E-state index is -1.11. The molecule has 0 heterocycles. The van der Waals surface area contributed by atoms with Crippen molar-refractivity contribution in [3.63, 3.8) is 0 Å². The highest BCUT2D eigenvalue weighted by molar-refractivity contribution is 5.92. The lowest BCUT2D eigenvalue weighted by Crippen LogP contribution is -2.52. The Bertz CT molecular complexity index is 857. The Labute approximate surface area is 189 Å². The zero-order valence-corrected chi connectivity index (χ0v) is 19.7. The molecule has 2 unspecified atom stereocenters. The predicted octanol–water partition coefficient (Wildman–Crippen LogP) is 2.92. The van der Waals surface area contributed by atoms with Crippen LogP contribution in [0.1, 0.15) is 64.6 Å². The lowest BCUT2D eigenvalue weighted by Gasteiger charge is -2.32. The van der Waals surface area contributed by atoms with E-state index in [4.69, 9.17) is 4.74 Å². The summed E-state index contributed by atoms with van der Waals surface area (Å²) in [5, 5.41) is 24.5. The lowest BCUT2D eigenvalue weighted by molar-refractivity contribution is -0.141. The van der Waals surface area contributed by atoms with E-state index in [0.717, 1.165) is 17.7 Å². The van der Waals surface area contributed by atoms with Crippen molar-refractivity contribution >= 4 is 17.9 Å². The summed E-state index contributed by atoms with van der Waals surface area (Å²) >= 11 is 0. The molecule has 0 saturated carbocycles. The van der Waals surface area contributed by atoms with Crippen LogP contribution in [0.4, 0.5) is 4.79 Å². The van der Waals surface area contributed by atoms with Gasteiger partial charge in [0.25, 0.3) is 0 Å². The number of nitriles is 1. The van der Waals surface area contributed by atoms with Gasteiger partial charge in [-0.25, -0.2) is 4.79 Å². The molecule has 1 rings (SSSR count). The zero-order chi connectivity index (χ0) is 24.5. The van der Waals surface area contributed by atoms with Crippen LogP contribution in [0.15, 0.2) is 18.2 Å². The fourth-order valence-corrected chi connectivity index (χ4v) is 2.97. The van der Waals surface area contributed by atoms with Crippen molar-refractivity contribution in [3.8, 4) is 11.8 Å². The van der Waals surface area contributed by atoms with Crippen molar-refractivity contribution in [2.75, 3.05) is 13.1 Å². The van der Waals surface area contributed by atoms with Gasteiger partial charge < -0.3 is 25.4 Å². The molecular formula is C23H34N4O5. The molecule has 0 radical (unpaired) electrons. The Morgan fingerprint density at radius 1 is 1.28 bits per heavy atom. The number of nitrogens with zero attached hydrogens (tertiary/aromatic N) is 2. The first kappa shape index (κ1) is 26.8. The van der Waals surface area contributed by atoms with E-state index in [1.54, 1.807) is 33.8 Å². The first-order valence-corrected chi connectivity index (χ1v) is 10.7. The number of aryl methyl sites for hydroxylation is 1. The Morgan fingerprint density at radius 2 is 1.94 bits per heavy atom. The maximum absolute atomic E-state index is 13.2. The first-order valence-electron chi connectivity index (χ1n) is 10.7. The average Bonchev–Trinajstić information content (AvgIpc) is 2.68. The summed E-state index contributed by atoms with van der Waals surface area (Å²) in [4.78, 5) is 39.5. The summed E-state index contributed by atoms with van der Waals surface area (Å²) in [5.41, 5.74) is 0.227. The maximum Gasteiger partial charge on any atom is 0.408 e. The third-order valence-corrected chi connectivity index (χ3v) is 4.55. The van der Waals surface area contributed by atoms with E-state index >= 15 is 0 Å². The van der Waals surface area contributed by atoms with E-state index in [1.807, 2.05) is 13.0 Å². The third-order valence-electron chi connectivity index (χ3n) is 4.55. The van der Waals surface area contributed by atoms with E-state index in [2.05, 4.69) is 10.6 Å². The Morgan fingerprint density at radius 3 is 2.47 bits per heavy atom. The van der Waals surface area contributed by atoms with Crippen molar-refractivity contribution < 1.29 is 24.2 Å². The quantitative estimate of drug-likeness (QED) is 0.395. The van der Waals surface area contributed by atoms with Gasteiger partial charge >= 0.3 is 6.09 Å². The van der Waals surface area contributed by atoms with Gasteiger partial charge in [-0.15, -0.1) is 0 Å². The molecule has 1 aromatic rings. The minimum absolute atomic E-state index is 0.0528. The maximum atomic E-state index is 13.2. The number of nitrogens with one attached hydrogen (secondary N) is 2. The van der Waals surface area contributed by atoms with Crippen LogP contribution < -0.4 is 10.6 Å². The Kier molecular flexibility index (Phi) is 9.98. The SMILES string of the molecule is CCCCNC(=O)C(c1ccc(O)c(C)c1)N(CC#N)C(=O)C(C)NC(=O)OC(C)(C)C. The number of unbranched alkanes of at least 4 members (excludes halogenated alkanes) is 1. The highest BCUT2D eigenvalue weighted by Crippen LogP contribution is 2.27. The molecule has 32 heavy (non-hydrogen) atoms. The van der Waals surface area contributed by atoms with Gasteiger partial charge in [0, 0.05) is 6.54 Å². The van der Waals surface area contributed by atoms with E-state index < -0.39 is 35.6 Å². The zero-order valence-electron chi connectivity index (χ0n) is 19.7. The van der Waals surface area contributed by atoms with Crippen molar-refractivity contribution in [2.24, 2.45) is 0 Å². The molecule has 0 bridgehead atoms. The predicted molar refractivity (Wildman–Crippen MR) is 120 cm³/mol. The van der Waals surface area contributed by atoms with E-state index in [1.165, 1.54) is 19.1 Å². The molecule has 9 heteroatoms. The number of carbonyl (C=O) groups is 3. The van der Waals surface area contributed by atoms with Crippen LogP contribution in [0.5, 0.6) is 5.75 Å². The van der Waals surface area contributed by atoms with Gasteiger partial charge in [0.2, 0.25) is 11.8 Å². The minimum Gasteiger partial charge on any atom is -0.508 e. The molecule has 0 spiro atoms. The number of amides is 3. The molecule has 0 aliphatic rings. The summed E-state index contributed by atoms with van der Waals surface area (Å²) in [7, 11) is 0. The summed E-state index contributed by atoms with van der Waals surface area (Å²) < 4.78 is 5.19. The van der Waals surface area contributed by atoms with Gasteiger partial charge in [0.15, 0.2) is 0 Å². The third kappa shape index (κ3) is 8.10. The molecule has 0 aliphatic carbocycles. The van der Waals surface area contributed by atoms with E-state index in [0.29, 0.717) is 17.7 Å². The lowest BCUT2D eigenvalue weighted by atomic mass is 10.0. The summed E-state index contributed by atoms with van der Waals surface area (Å²) in [5.74, 6) is -1.01. The van der Waals surface area contributed by atoms with Crippen molar-refractivity contribution in [1.82, 2.24) is 15.5 Å². The number of phenols is 1. The summed E-state index contributed by atoms with van der Waals surface area (Å²) in [6, 6.07) is 4.35. The summed E-state index contributed by atoms with van der Waals surface area (Å²) in [6.45, 7) is 10.3. The fraction of sp³-hybridized carbons (Fsp3) is 0.565. The van der Waals surface area contributed by atoms with Gasteiger partial charge in [-0.05, 0) is 64.3 Å². The van der Waals surface area contributed by atoms with E-state index in [9.17, 15) is 24.8 Å². The number of hydrogen-bond donors (Lipinski definition) is 3. The van der Waals surface area contributed by atoms with Gasteiger partial charge in [0.05, 0.1) is 6.07 Å². The molecule has 2 atom stereocenters. The standard InChI is InChI=1S/C23H34N4O5/c1-7-8-12-25-20(29)19(17-9-10-18(28)15(2)14-17)27(13-11-24)21(30)16(3)26-22(31)32-23(4,5)6/h9-10,14,16,19,28H,7-8,12-13H2,1-6H3,(H,25,29)(H,26,31). The van der Waals surface area contributed by atoms with Crippen LogP contribution in [0.25, 0.3) is 0 Å². The number of rotatable bonds is 9. The van der Waals surface area contributed by atoms with Crippen molar-refractivity contribution in [1.29, 1.82) is 5.26 Å². The van der Waals surface area contributed by atoms with Gasteiger partial charge in [-0.2, -0.15) is 5.26 Å². The molecule has 0 aliphatic heterocycles. The van der Waals surface area contributed by atoms with Gasteiger partial charge in [-0.3, -0.25) is 9.59 Å². The number of alkyl carbamates (subject to hydrolysis) is 1. The van der Waals surface area contributed by atoms with Crippen LogP contribution in [0, 0.1) is 18.3 Å². The molecule has 176 valence electrons. The fourth-order valence-electron chi connectivity index (χ4n) is 2.97. The first-order chi connectivity index (χ1) is 14.9. The van der Waals surface area contributed by atoms with Crippen LogP contribution >= 0.6 is 0 Å². The second-order valence-electron chi connectivity index (χ2n) is 8.59. The Balaban J connectivity index is 3.25. The second-order valence-corrected chi connectivity index (χ2v) is 8.59. The van der Waals surface area contributed by atoms with Crippen molar-refractivity contribution in [2.45, 2.75) is 72.1 Å². The van der Waals surface area contributed by atoms with E-state index in [-0.39, 0.29) is 12.3 Å². The topological polar surface area (TPSA) is 132 Å².